The van der Waals surface area contributed by atoms with E-state index in [9.17, 15) is 4.79 Å². The van der Waals surface area contributed by atoms with Gasteiger partial charge < -0.3 is 4.52 Å². The van der Waals surface area contributed by atoms with Crippen LogP contribution < -0.4 is 5.32 Å². The van der Waals surface area contributed by atoms with Gasteiger partial charge in [0.15, 0.2) is 11.5 Å². The van der Waals surface area contributed by atoms with E-state index < -0.39 is 5.91 Å². The predicted octanol–water partition coefficient (Wildman–Crippen LogP) is 2.90. The van der Waals surface area contributed by atoms with Crippen LogP contribution in [0.25, 0.3) is 10.6 Å². The van der Waals surface area contributed by atoms with Crippen LogP contribution in [-0.2, 0) is 0 Å². The number of aromatic nitrogens is 4. The Kier molecular flexibility index (Phi) is 3.53. The van der Waals surface area contributed by atoms with Crippen LogP contribution in [-0.4, -0.2) is 26.2 Å². The van der Waals surface area contributed by atoms with Crippen LogP contribution in [0.15, 0.2) is 28.1 Å². The van der Waals surface area contributed by atoms with Crippen LogP contribution in [0.3, 0.4) is 0 Å². The summed E-state index contributed by atoms with van der Waals surface area (Å²) in [7, 11) is 0. The third-order valence-corrected chi connectivity index (χ3v) is 3.67. The van der Waals surface area contributed by atoms with Gasteiger partial charge in [-0.05, 0) is 11.4 Å². The van der Waals surface area contributed by atoms with Gasteiger partial charge in [0.25, 0.3) is 5.91 Å². The van der Waals surface area contributed by atoms with Crippen molar-refractivity contribution in [3.05, 3.63) is 35.1 Å². The largest absolute Gasteiger partial charge is 0.355 e. The lowest BCUT2D eigenvalue weighted by atomic mass is 10.2. The summed E-state index contributed by atoms with van der Waals surface area (Å²) in [6.45, 7) is 3.97. The monoisotopic (exact) mass is 303 g/mol. The van der Waals surface area contributed by atoms with Crippen molar-refractivity contribution in [3.8, 4) is 10.6 Å². The fraction of sp³-hybridized carbons (Fsp3) is 0.231. The van der Waals surface area contributed by atoms with Gasteiger partial charge in [-0.3, -0.25) is 15.2 Å². The summed E-state index contributed by atoms with van der Waals surface area (Å²) in [5, 5.41) is 15.0. The van der Waals surface area contributed by atoms with E-state index in [-0.39, 0.29) is 17.6 Å². The van der Waals surface area contributed by atoms with E-state index in [0.717, 1.165) is 4.88 Å². The molecule has 0 aromatic carbocycles. The highest BCUT2D eigenvalue weighted by Gasteiger charge is 2.16. The second-order valence-electron chi connectivity index (χ2n) is 4.71. The Balaban J connectivity index is 1.73. The molecule has 0 unspecified atom stereocenters. The molecule has 8 heteroatoms. The molecule has 3 heterocycles. The second-order valence-corrected chi connectivity index (χ2v) is 5.65. The van der Waals surface area contributed by atoms with Gasteiger partial charge in [0.1, 0.15) is 5.82 Å². The SMILES string of the molecule is CC(C)c1nc(NC(=O)c2cc(-c3cccs3)on2)n[nH]1. The molecule has 0 bridgehead atoms. The van der Waals surface area contributed by atoms with Crippen LogP contribution >= 0.6 is 11.3 Å². The third kappa shape index (κ3) is 2.84. The summed E-state index contributed by atoms with van der Waals surface area (Å²) >= 11 is 1.52. The molecule has 1 amide bonds. The number of amides is 1. The van der Waals surface area contributed by atoms with Crippen molar-refractivity contribution in [1.82, 2.24) is 20.3 Å². The quantitative estimate of drug-likeness (QED) is 0.772. The molecule has 2 N–H and O–H groups in total. The Morgan fingerprint density at radius 2 is 2.33 bits per heavy atom. The van der Waals surface area contributed by atoms with Crippen molar-refractivity contribution in [2.24, 2.45) is 0 Å². The first-order valence-corrected chi connectivity index (χ1v) is 7.25. The van der Waals surface area contributed by atoms with Crippen molar-refractivity contribution in [3.63, 3.8) is 0 Å². The summed E-state index contributed by atoms with van der Waals surface area (Å²) in [6, 6.07) is 5.40. The first-order valence-electron chi connectivity index (χ1n) is 6.37. The molecule has 0 aliphatic rings. The standard InChI is InChI=1S/C13H13N5O2S/c1-7(2)11-14-13(17-16-11)15-12(19)8-6-9(20-18-8)10-4-3-5-21-10/h3-7H,1-2H3,(H2,14,15,16,17,19). The van der Waals surface area contributed by atoms with E-state index in [0.29, 0.717) is 11.6 Å². The minimum Gasteiger partial charge on any atom is -0.355 e. The first kappa shape index (κ1) is 13.5. The van der Waals surface area contributed by atoms with Crippen LogP contribution in [0.2, 0.25) is 0 Å². The molecule has 108 valence electrons. The van der Waals surface area contributed by atoms with E-state index >= 15 is 0 Å². The highest BCUT2D eigenvalue weighted by atomic mass is 32.1. The number of H-pyrrole nitrogens is 1. The zero-order valence-electron chi connectivity index (χ0n) is 11.5. The number of carbonyl (C=O) groups is 1. The first-order chi connectivity index (χ1) is 10.1. The van der Waals surface area contributed by atoms with Gasteiger partial charge >= 0.3 is 0 Å². The number of thiophene rings is 1. The number of anilines is 1. The molecule has 0 atom stereocenters. The van der Waals surface area contributed by atoms with Gasteiger partial charge in [-0.25, -0.2) is 0 Å². The van der Waals surface area contributed by atoms with Gasteiger partial charge in [-0.15, -0.1) is 16.4 Å². The summed E-state index contributed by atoms with van der Waals surface area (Å²) in [5.41, 5.74) is 0.189. The minimum absolute atomic E-state index is 0.189. The van der Waals surface area contributed by atoms with Gasteiger partial charge in [0.2, 0.25) is 5.95 Å². The molecule has 0 aliphatic carbocycles. The Morgan fingerprint density at radius 3 is 3.00 bits per heavy atom. The van der Waals surface area contributed by atoms with Crippen molar-refractivity contribution < 1.29 is 9.32 Å². The summed E-state index contributed by atoms with van der Waals surface area (Å²) < 4.78 is 5.16. The van der Waals surface area contributed by atoms with Crippen LogP contribution in [0, 0.1) is 0 Å². The maximum Gasteiger partial charge on any atom is 0.280 e. The van der Waals surface area contributed by atoms with Gasteiger partial charge in [0, 0.05) is 12.0 Å². The zero-order chi connectivity index (χ0) is 14.8. The van der Waals surface area contributed by atoms with E-state index in [2.05, 4.69) is 25.7 Å². The fourth-order valence-electron chi connectivity index (χ4n) is 1.67. The molecule has 3 aromatic heterocycles. The number of nitrogens with zero attached hydrogens (tertiary/aromatic N) is 3. The topological polar surface area (TPSA) is 96.7 Å². The smallest absolute Gasteiger partial charge is 0.280 e. The fourth-order valence-corrected chi connectivity index (χ4v) is 2.34. The van der Waals surface area contributed by atoms with E-state index in [4.69, 9.17) is 4.52 Å². The molecule has 0 fully saturated rings. The van der Waals surface area contributed by atoms with E-state index in [1.54, 1.807) is 6.07 Å². The van der Waals surface area contributed by atoms with Gasteiger partial charge in [0.05, 0.1) is 4.88 Å². The lowest BCUT2D eigenvalue weighted by molar-refractivity contribution is 0.101. The average Bonchev–Trinajstić information content (AvgIpc) is 3.19. The number of aromatic amines is 1. The van der Waals surface area contributed by atoms with Gasteiger partial charge in [-0.1, -0.05) is 25.1 Å². The molecule has 0 radical (unpaired) electrons. The highest BCUT2D eigenvalue weighted by molar-refractivity contribution is 7.13. The number of hydrogen-bond donors (Lipinski definition) is 2. The summed E-state index contributed by atoms with van der Waals surface area (Å²) in [6.07, 6.45) is 0. The maximum atomic E-state index is 12.1. The van der Waals surface area contributed by atoms with Crippen LogP contribution in [0.4, 0.5) is 5.95 Å². The molecular weight excluding hydrogens is 290 g/mol. The normalized spacial score (nSPS) is 11.0. The molecule has 0 saturated carbocycles. The molecule has 3 rings (SSSR count). The Hall–Kier alpha value is -2.48. The number of nitrogens with one attached hydrogen (secondary N) is 2. The highest BCUT2D eigenvalue weighted by Crippen LogP contribution is 2.25. The molecular formula is C13H13N5O2S. The van der Waals surface area contributed by atoms with Crippen molar-refractivity contribution in [2.75, 3.05) is 5.32 Å². The zero-order valence-corrected chi connectivity index (χ0v) is 12.3. The minimum atomic E-state index is -0.407. The van der Waals surface area contributed by atoms with E-state index in [1.165, 1.54) is 11.3 Å². The summed E-state index contributed by atoms with van der Waals surface area (Å²) in [4.78, 5) is 17.1. The maximum absolute atomic E-state index is 12.1. The number of rotatable bonds is 4. The van der Waals surface area contributed by atoms with E-state index in [1.807, 2.05) is 31.4 Å². The average molecular weight is 303 g/mol. The van der Waals surface area contributed by atoms with Crippen molar-refractivity contribution in [1.29, 1.82) is 0 Å². The second kappa shape index (κ2) is 5.49. The Morgan fingerprint density at radius 1 is 1.48 bits per heavy atom. The molecule has 0 saturated heterocycles. The molecule has 3 aromatic rings. The van der Waals surface area contributed by atoms with Crippen LogP contribution in [0.1, 0.15) is 36.1 Å². The lowest BCUT2D eigenvalue weighted by Crippen LogP contribution is -2.13. The van der Waals surface area contributed by atoms with Crippen molar-refractivity contribution >= 4 is 23.2 Å². The number of carbonyl (C=O) groups excluding carboxylic acids is 1. The molecule has 21 heavy (non-hydrogen) atoms. The summed E-state index contributed by atoms with van der Waals surface area (Å²) in [5.74, 6) is 1.30. The number of hydrogen-bond acceptors (Lipinski definition) is 6. The predicted molar refractivity (Wildman–Crippen MR) is 78.2 cm³/mol. The molecule has 0 aliphatic heterocycles. The van der Waals surface area contributed by atoms with Crippen molar-refractivity contribution in [2.45, 2.75) is 19.8 Å². The van der Waals surface area contributed by atoms with Gasteiger partial charge in [-0.2, -0.15) is 4.98 Å². The lowest BCUT2D eigenvalue weighted by Gasteiger charge is -1.96. The van der Waals surface area contributed by atoms with Crippen LogP contribution in [0.5, 0.6) is 0 Å². The molecule has 0 spiro atoms. The Bertz CT molecular complexity index is 744. The third-order valence-electron chi connectivity index (χ3n) is 2.78. The Labute approximate surface area is 124 Å². The molecule has 7 nitrogen and oxygen atoms in total.